The summed E-state index contributed by atoms with van der Waals surface area (Å²) < 4.78 is 8.63. The van der Waals surface area contributed by atoms with Crippen LogP contribution in [0.3, 0.4) is 0 Å². The van der Waals surface area contributed by atoms with Crippen LogP contribution in [0.4, 0.5) is 5.69 Å². The number of carbonyl (C=O) groups excluding carboxylic acids is 2. The molecule has 1 atom stereocenters. The molecule has 0 aliphatic carbocycles. The fourth-order valence-corrected chi connectivity index (χ4v) is 3.34. The van der Waals surface area contributed by atoms with E-state index in [9.17, 15) is 14.4 Å². The van der Waals surface area contributed by atoms with Gasteiger partial charge < -0.3 is 15.0 Å². The summed E-state index contributed by atoms with van der Waals surface area (Å²) in [5, 5.41) is 6.99. The van der Waals surface area contributed by atoms with Crippen LogP contribution in [0, 0.1) is 0 Å². The van der Waals surface area contributed by atoms with E-state index in [2.05, 4.69) is 15.4 Å². The highest BCUT2D eigenvalue weighted by Gasteiger charge is 2.33. The van der Waals surface area contributed by atoms with Gasteiger partial charge >= 0.3 is 0 Å². The Bertz CT molecular complexity index is 1150. The zero-order valence-electron chi connectivity index (χ0n) is 16.0. The number of likely N-dealkylation sites (N-methyl/N-ethyl adjacent to an activating group) is 1. The summed E-state index contributed by atoms with van der Waals surface area (Å²) in [6.45, 7) is 0.268. The van der Waals surface area contributed by atoms with E-state index >= 15 is 0 Å². The van der Waals surface area contributed by atoms with E-state index in [1.165, 1.54) is 33.7 Å². The molecule has 0 spiro atoms. The van der Waals surface area contributed by atoms with Gasteiger partial charge in [0.2, 0.25) is 5.91 Å². The number of nitrogens with one attached hydrogen (secondary N) is 1. The molecule has 0 unspecified atom stereocenters. The lowest BCUT2D eigenvalue weighted by molar-refractivity contribution is -0.128. The molecule has 10 nitrogen and oxygen atoms in total. The van der Waals surface area contributed by atoms with Gasteiger partial charge in [-0.25, -0.2) is 4.98 Å². The standard InChI is InChI=1S/C19H20N6O4/c1-20-18(27)15-10-25(13-5-3-4-6-14(13)29-15)16(26)7-8-24-11-21-17-12(19(24)28)9-22-23(17)2/h3-6,9,11,15H,7-8,10H2,1-2H3,(H,20,27)/t15-/m1/s1. The lowest BCUT2D eigenvalue weighted by Crippen LogP contribution is -2.50. The average Bonchev–Trinajstić information content (AvgIpc) is 3.13. The summed E-state index contributed by atoms with van der Waals surface area (Å²) in [6.07, 6.45) is 2.16. The highest BCUT2D eigenvalue weighted by molar-refractivity contribution is 5.97. The number of nitrogens with zero attached hydrogens (tertiary/aromatic N) is 5. The van der Waals surface area contributed by atoms with Crippen LogP contribution in [0.15, 0.2) is 41.6 Å². The number of benzene rings is 1. The van der Waals surface area contributed by atoms with E-state index in [4.69, 9.17) is 4.74 Å². The Balaban J connectivity index is 1.55. The monoisotopic (exact) mass is 396 g/mol. The number of rotatable bonds is 4. The van der Waals surface area contributed by atoms with Crippen molar-refractivity contribution in [2.45, 2.75) is 19.1 Å². The number of anilines is 1. The maximum absolute atomic E-state index is 13.0. The van der Waals surface area contributed by atoms with Gasteiger partial charge in [0.15, 0.2) is 11.8 Å². The third kappa shape index (κ3) is 3.33. The summed E-state index contributed by atoms with van der Waals surface area (Å²) in [5.41, 5.74) is 0.848. The maximum atomic E-state index is 13.0. The van der Waals surface area contributed by atoms with Crippen molar-refractivity contribution in [2.24, 2.45) is 7.05 Å². The maximum Gasteiger partial charge on any atom is 0.264 e. The first kappa shape index (κ1) is 18.7. The molecule has 29 heavy (non-hydrogen) atoms. The van der Waals surface area contributed by atoms with Gasteiger partial charge in [-0.3, -0.25) is 23.6 Å². The first-order valence-electron chi connectivity index (χ1n) is 9.14. The first-order chi connectivity index (χ1) is 14.0. The fraction of sp³-hybridized carbons (Fsp3) is 0.316. The largest absolute Gasteiger partial charge is 0.477 e. The molecule has 0 radical (unpaired) electrons. The molecule has 3 heterocycles. The molecule has 1 N–H and O–H groups in total. The van der Waals surface area contributed by atoms with E-state index in [0.717, 1.165) is 0 Å². The van der Waals surface area contributed by atoms with Crippen molar-refractivity contribution in [3.8, 4) is 5.75 Å². The number of amides is 2. The van der Waals surface area contributed by atoms with Gasteiger partial charge in [0, 0.05) is 27.1 Å². The van der Waals surface area contributed by atoms with Crippen molar-refractivity contribution in [2.75, 3.05) is 18.5 Å². The van der Waals surface area contributed by atoms with E-state index in [-0.39, 0.29) is 36.9 Å². The molecule has 10 heteroatoms. The van der Waals surface area contributed by atoms with E-state index < -0.39 is 6.10 Å². The Labute approximate surface area is 165 Å². The summed E-state index contributed by atoms with van der Waals surface area (Å²) in [4.78, 5) is 43.4. The summed E-state index contributed by atoms with van der Waals surface area (Å²) >= 11 is 0. The fourth-order valence-electron chi connectivity index (χ4n) is 3.34. The summed E-state index contributed by atoms with van der Waals surface area (Å²) in [7, 11) is 3.23. The van der Waals surface area contributed by atoms with Gasteiger partial charge in [0.05, 0.1) is 24.8 Å². The van der Waals surface area contributed by atoms with Gasteiger partial charge in [-0.15, -0.1) is 0 Å². The number of fused-ring (bicyclic) bond motifs is 2. The SMILES string of the molecule is CNC(=O)[C@H]1CN(C(=O)CCn2cnc3c(cnn3C)c2=O)c2ccccc2O1. The van der Waals surface area contributed by atoms with Crippen molar-refractivity contribution in [1.29, 1.82) is 0 Å². The molecular formula is C19H20N6O4. The average molecular weight is 396 g/mol. The molecule has 2 aromatic heterocycles. The predicted molar refractivity (Wildman–Crippen MR) is 105 cm³/mol. The highest BCUT2D eigenvalue weighted by Crippen LogP contribution is 2.33. The van der Waals surface area contributed by atoms with Crippen LogP contribution < -0.4 is 20.5 Å². The Kier molecular flexibility index (Phi) is 4.75. The van der Waals surface area contributed by atoms with Gasteiger partial charge in [0.1, 0.15) is 11.1 Å². The highest BCUT2D eigenvalue weighted by atomic mass is 16.5. The third-order valence-corrected chi connectivity index (χ3v) is 4.90. The molecule has 0 fully saturated rings. The summed E-state index contributed by atoms with van der Waals surface area (Å²) in [6, 6.07) is 7.06. The molecule has 4 rings (SSSR count). The molecule has 2 amide bonds. The molecule has 3 aromatic rings. The normalized spacial score (nSPS) is 15.7. The second-order valence-corrected chi connectivity index (χ2v) is 6.69. The van der Waals surface area contributed by atoms with Crippen LogP contribution in [-0.4, -0.2) is 50.8 Å². The molecule has 1 aliphatic rings. The quantitative estimate of drug-likeness (QED) is 0.668. The molecule has 1 aromatic carbocycles. The zero-order chi connectivity index (χ0) is 20.5. The number of para-hydroxylation sites is 2. The molecule has 0 saturated carbocycles. The molecule has 0 bridgehead atoms. The Morgan fingerprint density at radius 1 is 1.31 bits per heavy atom. The molecule has 150 valence electrons. The topological polar surface area (TPSA) is 111 Å². The van der Waals surface area contributed by atoms with Crippen LogP contribution in [-0.2, 0) is 23.2 Å². The minimum Gasteiger partial charge on any atom is -0.477 e. The van der Waals surface area contributed by atoms with E-state index in [1.54, 1.807) is 31.3 Å². The zero-order valence-corrected chi connectivity index (χ0v) is 16.0. The first-order valence-corrected chi connectivity index (χ1v) is 9.14. The van der Waals surface area contributed by atoms with Gasteiger partial charge in [0.25, 0.3) is 11.5 Å². The third-order valence-electron chi connectivity index (χ3n) is 4.90. The molecular weight excluding hydrogens is 376 g/mol. The van der Waals surface area contributed by atoms with Gasteiger partial charge in [-0.1, -0.05) is 12.1 Å². The predicted octanol–water partition coefficient (Wildman–Crippen LogP) is 0.0603. The van der Waals surface area contributed by atoms with Gasteiger partial charge in [-0.2, -0.15) is 5.10 Å². The van der Waals surface area contributed by atoms with Crippen LogP contribution in [0.25, 0.3) is 11.0 Å². The van der Waals surface area contributed by atoms with Crippen LogP contribution in [0.1, 0.15) is 6.42 Å². The van der Waals surface area contributed by atoms with Crippen molar-refractivity contribution in [3.63, 3.8) is 0 Å². The smallest absolute Gasteiger partial charge is 0.264 e. The number of carbonyl (C=O) groups is 2. The molecule has 1 aliphatic heterocycles. The Morgan fingerprint density at radius 2 is 2.10 bits per heavy atom. The van der Waals surface area contributed by atoms with Crippen molar-refractivity contribution < 1.29 is 14.3 Å². The van der Waals surface area contributed by atoms with Crippen LogP contribution >= 0.6 is 0 Å². The van der Waals surface area contributed by atoms with Crippen LogP contribution in [0.2, 0.25) is 0 Å². The second-order valence-electron chi connectivity index (χ2n) is 6.69. The molecule has 0 saturated heterocycles. The lowest BCUT2D eigenvalue weighted by Gasteiger charge is -2.34. The Hall–Kier alpha value is -3.69. The number of aryl methyl sites for hydroxylation is 2. The Morgan fingerprint density at radius 3 is 2.90 bits per heavy atom. The van der Waals surface area contributed by atoms with Crippen LogP contribution in [0.5, 0.6) is 5.75 Å². The minimum atomic E-state index is -0.796. The lowest BCUT2D eigenvalue weighted by atomic mass is 10.1. The van der Waals surface area contributed by atoms with E-state index in [0.29, 0.717) is 22.5 Å². The number of ether oxygens (including phenoxy) is 1. The second kappa shape index (κ2) is 7.38. The number of aromatic nitrogens is 4. The van der Waals surface area contributed by atoms with Crippen molar-refractivity contribution in [1.82, 2.24) is 24.6 Å². The van der Waals surface area contributed by atoms with Crippen molar-refractivity contribution in [3.05, 3.63) is 47.1 Å². The van der Waals surface area contributed by atoms with E-state index in [1.807, 2.05) is 0 Å². The minimum absolute atomic E-state index is 0.0716. The number of hydrogen-bond acceptors (Lipinski definition) is 6. The van der Waals surface area contributed by atoms with Gasteiger partial charge in [-0.05, 0) is 12.1 Å². The number of hydrogen-bond donors (Lipinski definition) is 1. The van der Waals surface area contributed by atoms with Crippen molar-refractivity contribution >= 4 is 28.5 Å². The summed E-state index contributed by atoms with van der Waals surface area (Å²) in [5.74, 6) is -0.0519.